The van der Waals surface area contributed by atoms with Crippen molar-refractivity contribution in [2.45, 2.75) is 38.8 Å². The second kappa shape index (κ2) is 4.11. The van der Waals surface area contributed by atoms with Gasteiger partial charge in [-0.05, 0) is 26.3 Å². The van der Waals surface area contributed by atoms with E-state index in [0.717, 1.165) is 12.0 Å². The molecule has 1 aliphatic rings. The largest absolute Gasteiger partial charge is 0.345 e. The first-order valence-corrected chi connectivity index (χ1v) is 5.03. The highest BCUT2D eigenvalue weighted by Gasteiger charge is 2.25. The maximum Gasteiger partial charge on any atom is 0.185 e. The highest BCUT2D eigenvalue weighted by Crippen LogP contribution is 2.28. The Hall–Kier alpha value is -0.860. The van der Waals surface area contributed by atoms with Gasteiger partial charge >= 0.3 is 0 Å². The normalized spacial score (nSPS) is 32.9. The molecule has 1 heterocycles. The molecular formula is C12H15O2. The van der Waals surface area contributed by atoms with Crippen molar-refractivity contribution >= 4 is 0 Å². The summed E-state index contributed by atoms with van der Waals surface area (Å²) in [4.78, 5) is 0. The minimum atomic E-state index is -0.241. The van der Waals surface area contributed by atoms with Crippen molar-refractivity contribution in [1.82, 2.24) is 0 Å². The molecule has 1 radical (unpaired) electrons. The van der Waals surface area contributed by atoms with Crippen molar-refractivity contribution in [2.75, 3.05) is 0 Å². The van der Waals surface area contributed by atoms with Gasteiger partial charge in [-0.1, -0.05) is 24.3 Å². The molecule has 0 aliphatic carbocycles. The maximum atomic E-state index is 5.69. The van der Waals surface area contributed by atoms with E-state index in [1.165, 1.54) is 0 Å². The van der Waals surface area contributed by atoms with E-state index in [-0.39, 0.29) is 18.5 Å². The Kier molecular flexibility index (Phi) is 2.85. The Morgan fingerprint density at radius 3 is 2.50 bits per heavy atom. The number of hydrogen-bond donors (Lipinski definition) is 0. The summed E-state index contributed by atoms with van der Waals surface area (Å²) >= 11 is 0. The maximum absolute atomic E-state index is 5.69. The molecule has 0 aromatic heterocycles. The Morgan fingerprint density at radius 2 is 1.93 bits per heavy atom. The van der Waals surface area contributed by atoms with Crippen molar-refractivity contribution in [3.8, 4) is 0 Å². The van der Waals surface area contributed by atoms with E-state index in [1.54, 1.807) is 0 Å². The summed E-state index contributed by atoms with van der Waals surface area (Å²) in [6.45, 7) is 4.16. The van der Waals surface area contributed by atoms with Crippen molar-refractivity contribution in [3.05, 3.63) is 35.9 Å². The SMILES string of the molecule is C[C@@H]1C[C@@H](C)OC(c2[c]cccc2)O1. The lowest BCUT2D eigenvalue weighted by Crippen LogP contribution is -2.30. The Morgan fingerprint density at radius 1 is 1.21 bits per heavy atom. The van der Waals surface area contributed by atoms with Crippen LogP contribution in [0.25, 0.3) is 0 Å². The molecule has 2 heteroatoms. The lowest BCUT2D eigenvalue weighted by Gasteiger charge is -2.32. The molecule has 1 aromatic rings. The first-order chi connectivity index (χ1) is 6.75. The molecule has 2 rings (SSSR count). The molecule has 0 amide bonds. The molecule has 0 saturated carbocycles. The van der Waals surface area contributed by atoms with Crippen molar-refractivity contribution < 1.29 is 9.47 Å². The first-order valence-electron chi connectivity index (χ1n) is 5.03. The summed E-state index contributed by atoms with van der Waals surface area (Å²) in [5.74, 6) is 0. The van der Waals surface area contributed by atoms with Gasteiger partial charge < -0.3 is 9.47 Å². The smallest absolute Gasteiger partial charge is 0.185 e. The van der Waals surface area contributed by atoms with Gasteiger partial charge in [0, 0.05) is 5.56 Å². The minimum absolute atomic E-state index is 0.241. The fraction of sp³-hybridized carbons (Fsp3) is 0.500. The molecule has 2 nitrogen and oxygen atoms in total. The number of benzene rings is 1. The molecule has 0 spiro atoms. The van der Waals surface area contributed by atoms with Crippen LogP contribution in [0.5, 0.6) is 0 Å². The zero-order chi connectivity index (χ0) is 9.97. The molecule has 1 saturated heterocycles. The first kappa shape index (κ1) is 9.69. The molecular weight excluding hydrogens is 176 g/mol. The molecule has 0 unspecified atom stereocenters. The Bertz CT molecular complexity index is 274. The van der Waals surface area contributed by atoms with Gasteiger partial charge in [0.1, 0.15) is 0 Å². The van der Waals surface area contributed by atoms with E-state index in [9.17, 15) is 0 Å². The fourth-order valence-electron chi connectivity index (χ4n) is 1.73. The highest BCUT2D eigenvalue weighted by molar-refractivity contribution is 5.14. The zero-order valence-electron chi connectivity index (χ0n) is 8.57. The van der Waals surface area contributed by atoms with Gasteiger partial charge in [-0.25, -0.2) is 0 Å². The number of hydrogen-bond acceptors (Lipinski definition) is 2. The Balaban J connectivity index is 2.11. The fourth-order valence-corrected chi connectivity index (χ4v) is 1.73. The summed E-state index contributed by atoms with van der Waals surface area (Å²) in [6.07, 6.45) is 1.24. The highest BCUT2D eigenvalue weighted by atomic mass is 16.7. The molecule has 14 heavy (non-hydrogen) atoms. The van der Waals surface area contributed by atoms with E-state index in [0.29, 0.717) is 0 Å². The average Bonchev–Trinajstić information content (AvgIpc) is 2.18. The van der Waals surface area contributed by atoms with Crippen LogP contribution in [0.4, 0.5) is 0 Å². The molecule has 75 valence electrons. The third-order valence-corrected chi connectivity index (χ3v) is 2.36. The van der Waals surface area contributed by atoms with Crippen molar-refractivity contribution in [2.24, 2.45) is 0 Å². The lowest BCUT2D eigenvalue weighted by molar-refractivity contribution is -0.239. The predicted octanol–water partition coefficient (Wildman–Crippen LogP) is 2.70. The van der Waals surface area contributed by atoms with Crippen LogP contribution >= 0.6 is 0 Å². The molecule has 1 fully saturated rings. The standard InChI is InChI=1S/C12H15O2/c1-9-8-10(2)14-12(13-9)11-6-4-3-5-7-11/h3-6,9-10,12H,8H2,1-2H3/t9-,10-/m1/s1. The molecule has 0 bridgehead atoms. The van der Waals surface area contributed by atoms with E-state index in [1.807, 2.05) is 24.3 Å². The van der Waals surface area contributed by atoms with Crippen LogP contribution in [0.3, 0.4) is 0 Å². The van der Waals surface area contributed by atoms with Crippen LogP contribution in [0.2, 0.25) is 0 Å². The van der Waals surface area contributed by atoms with Crippen LogP contribution < -0.4 is 0 Å². The molecule has 1 aliphatic heterocycles. The van der Waals surface area contributed by atoms with Gasteiger partial charge in [-0.15, -0.1) is 0 Å². The third-order valence-electron chi connectivity index (χ3n) is 2.36. The van der Waals surface area contributed by atoms with Crippen LogP contribution in [0.1, 0.15) is 32.1 Å². The quantitative estimate of drug-likeness (QED) is 0.679. The van der Waals surface area contributed by atoms with Crippen LogP contribution in [-0.4, -0.2) is 12.2 Å². The van der Waals surface area contributed by atoms with Gasteiger partial charge in [0.2, 0.25) is 0 Å². The molecule has 0 N–H and O–H groups in total. The second-order valence-electron chi connectivity index (χ2n) is 3.78. The van der Waals surface area contributed by atoms with Gasteiger partial charge in [0.05, 0.1) is 12.2 Å². The summed E-state index contributed by atoms with van der Waals surface area (Å²) in [5, 5.41) is 0. The summed E-state index contributed by atoms with van der Waals surface area (Å²) in [5.41, 5.74) is 0.978. The minimum Gasteiger partial charge on any atom is -0.345 e. The lowest BCUT2D eigenvalue weighted by atomic mass is 10.1. The number of ether oxygens (including phenoxy) is 2. The molecule has 1 aromatic carbocycles. The van der Waals surface area contributed by atoms with Gasteiger partial charge in [-0.3, -0.25) is 0 Å². The second-order valence-corrected chi connectivity index (χ2v) is 3.78. The monoisotopic (exact) mass is 191 g/mol. The molecule has 2 atom stereocenters. The zero-order valence-corrected chi connectivity index (χ0v) is 8.57. The predicted molar refractivity (Wildman–Crippen MR) is 53.7 cm³/mol. The van der Waals surface area contributed by atoms with E-state index >= 15 is 0 Å². The Labute approximate surface area is 84.8 Å². The summed E-state index contributed by atoms with van der Waals surface area (Å²) in [6, 6.07) is 10.9. The summed E-state index contributed by atoms with van der Waals surface area (Å²) in [7, 11) is 0. The van der Waals surface area contributed by atoms with E-state index in [4.69, 9.17) is 9.47 Å². The third kappa shape index (κ3) is 2.14. The van der Waals surface area contributed by atoms with Crippen LogP contribution in [-0.2, 0) is 9.47 Å². The topological polar surface area (TPSA) is 18.5 Å². The van der Waals surface area contributed by atoms with Crippen LogP contribution in [0, 0.1) is 6.07 Å². The van der Waals surface area contributed by atoms with Crippen molar-refractivity contribution in [1.29, 1.82) is 0 Å². The number of rotatable bonds is 1. The van der Waals surface area contributed by atoms with Gasteiger partial charge in [0.25, 0.3) is 0 Å². The van der Waals surface area contributed by atoms with E-state index in [2.05, 4.69) is 19.9 Å². The summed E-state index contributed by atoms with van der Waals surface area (Å²) < 4.78 is 11.4. The van der Waals surface area contributed by atoms with Crippen molar-refractivity contribution in [3.63, 3.8) is 0 Å². The van der Waals surface area contributed by atoms with Gasteiger partial charge in [0.15, 0.2) is 6.29 Å². The van der Waals surface area contributed by atoms with Crippen LogP contribution in [0.15, 0.2) is 24.3 Å². The van der Waals surface area contributed by atoms with Gasteiger partial charge in [-0.2, -0.15) is 0 Å². The average molecular weight is 191 g/mol. The van der Waals surface area contributed by atoms with E-state index < -0.39 is 0 Å².